The molecule has 1 aromatic heterocycles. The molecule has 0 aliphatic carbocycles. The van der Waals surface area contributed by atoms with Crippen molar-refractivity contribution in [3.8, 4) is 0 Å². The van der Waals surface area contributed by atoms with Gasteiger partial charge in [-0.15, -0.1) is 0 Å². The Balaban J connectivity index is 2.94. The summed E-state index contributed by atoms with van der Waals surface area (Å²) in [4.78, 5) is 18.2. The van der Waals surface area contributed by atoms with Crippen LogP contribution in [0.2, 0.25) is 0 Å². The molecule has 0 unspecified atom stereocenters. The topological polar surface area (TPSA) is 91.5 Å². The second-order valence-electron chi connectivity index (χ2n) is 4.38. The molecule has 4 N–H and O–H groups in total. The van der Waals surface area contributed by atoms with Crippen LogP contribution in [0, 0.1) is 6.92 Å². The van der Waals surface area contributed by atoms with Gasteiger partial charge in [-0.3, -0.25) is 15.6 Å². The van der Waals surface area contributed by atoms with E-state index in [1.54, 1.807) is 11.0 Å². The lowest BCUT2D eigenvalue weighted by Crippen LogP contribution is -2.35. The van der Waals surface area contributed by atoms with Gasteiger partial charge in [-0.1, -0.05) is 13.3 Å². The van der Waals surface area contributed by atoms with Gasteiger partial charge in [0.1, 0.15) is 0 Å². The van der Waals surface area contributed by atoms with Crippen LogP contribution in [0.25, 0.3) is 0 Å². The zero-order chi connectivity index (χ0) is 14.3. The second-order valence-corrected chi connectivity index (χ2v) is 4.38. The van der Waals surface area contributed by atoms with Crippen molar-refractivity contribution in [2.24, 2.45) is 5.84 Å². The Kier molecular flexibility index (Phi) is 6.24. The van der Waals surface area contributed by atoms with Crippen LogP contribution in [-0.2, 0) is 0 Å². The number of hydrogen-bond donors (Lipinski definition) is 3. The molecule has 0 saturated carbocycles. The molecule has 0 aliphatic heterocycles. The largest absolute Gasteiger partial charge is 0.395 e. The Morgan fingerprint density at radius 2 is 2.26 bits per heavy atom. The van der Waals surface area contributed by atoms with Crippen LogP contribution in [0.4, 0.5) is 5.69 Å². The van der Waals surface area contributed by atoms with Crippen molar-refractivity contribution in [3.05, 3.63) is 23.5 Å². The van der Waals surface area contributed by atoms with E-state index >= 15 is 0 Å². The van der Waals surface area contributed by atoms with Crippen molar-refractivity contribution >= 4 is 11.6 Å². The number of aliphatic hydroxyl groups is 1. The first-order chi connectivity index (χ1) is 9.13. The van der Waals surface area contributed by atoms with E-state index in [0.29, 0.717) is 24.3 Å². The molecule has 1 rings (SSSR count). The maximum absolute atomic E-state index is 12.4. The summed E-state index contributed by atoms with van der Waals surface area (Å²) in [6.07, 6.45) is 3.41. The number of unbranched alkanes of at least 4 members (excludes halogenated alkanes) is 1. The van der Waals surface area contributed by atoms with E-state index in [4.69, 9.17) is 10.9 Å². The summed E-state index contributed by atoms with van der Waals surface area (Å²) in [5, 5.41) is 9.05. The summed E-state index contributed by atoms with van der Waals surface area (Å²) in [5.74, 6) is 5.27. The molecule has 0 fully saturated rings. The molecule has 0 spiro atoms. The summed E-state index contributed by atoms with van der Waals surface area (Å²) in [5.41, 5.74) is 4.29. The van der Waals surface area contributed by atoms with Gasteiger partial charge >= 0.3 is 0 Å². The van der Waals surface area contributed by atoms with E-state index in [1.807, 2.05) is 6.92 Å². The summed E-state index contributed by atoms with van der Waals surface area (Å²) < 4.78 is 0. The van der Waals surface area contributed by atoms with Crippen LogP contribution in [0.1, 0.15) is 35.8 Å². The SMILES string of the molecule is CCCCN(CCO)C(=O)c1cnc(C)cc1NN. The molecule has 6 nitrogen and oxygen atoms in total. The number of aryl methyl sites for hydroxylation is 1. The first-order valence-electron chi connectivity index (χ1n) is 6.47. The minimum atomic E-state index is -0.164. The van der Waals surface area contributed by atoms with Crippen LogP contribution < -0.4 is 11.3 Å². The molecule has 106 valence electrons. The van der Waals surface area contributed by atoms with E-state index in [2.05, 4.69) is 17.3 Å². The summed E-state index contributed by atoms with van der Waals surface area (Å²) in [6.45, 7) is 4.77. The number of amides is 1. The number of aliphatic hydroxyl groups excluding tert-OH is 1. The molecule has 0 radical (unpaired) electrons. The number of nitrogens with one attached hydrogen (secondary N) is 1. The number of carbonyl (C=O) groups is 1. The van der Waals surface area contributed by atoms with Gasteiger partial charge in [-0.2, -0.15) is 0 Å². The Morgan fingerprint density at radius 3 is 2.84 bits per heavy atom. The molecule has 1 aromatic rings. The van der Waals surface area contributed by atoms with Crippen molar-refractivity contribution in [2.75, 3.05) is 25.1 Å². The van der Waals surface area contributed by atoms with E-state index in [-0.39, 0.29) is 12.5 Å². The highest BCUT2D eigenvalue weighted by molar-refractivity contribution is 5.99. The number of aromatic nitrogens is 1. The van der Waals surface area contributed by atoms with E-state index < -0.39 is 0 Å². The second kappa shape index (κ2) is 7.70. The van der Waals surface area contributed by atoms with Crippen molar-refractivity contribution < 1.29 is 9.90 Å². The van der Waals surface area contributed by atoms with Gasteiger partial charge < -0.3 is 15.4 Å². The predicted octanol–water partition coefficient (Wildman–Crippen LogP) is 0.910. The third kappa shape index (κ3) is 4.18. The number of nitrogen functional groups attached to an aromatic ring is 1. The number of carbonyl (C=O) groups excluding carboxylic acids is 1. The highest BCUT2D eigenvalue weighted by Gasteiger charge is 2.18. The molecule has 0 aromatic carbocycles. The van der Waals surface area contributed by atoms with Gasteiger partial charge in [0.2, 0.25) is 0 Å². The number of nitrogens with zero attached hydrogens (tertiary/aromatic N) is 2. The molecule has 0 aliphatic rings. The Bertz CT molecular complexity index is 423. The van der Waals surface area contributed by atoms with Crippen LogP contribution in [0.15, 0.2) is 12.3 Å². The van der Waals surface area contributed by atoms with E-state index in [9.17, 15) is 4.79 Å². The molecule has 19 heavy (non-hydrogen) atoms. The highest BCUT2D eigenvalue weighted by atomic mass is 16.3. The molecular weight excluding hydrogens is 244 g/mol. The van der Waals surface area contributed by atoms with Crippen molar-refractivity contribution in [1.82, 2.24) is 9.88 Å². The smallest absolute Gasteiger partial charge is 0.257 e. The monoisotopic (exact) mass is 266 g/mol. The third-order valence-corrected chi connectivity index (χ3v) is 2.87. The van der Waals surface area contributed by atoms with Gasteiger partial charge in [-0.05, 0) is 19.4 Å². The van der Waals surface area contributed by atoms with Crippen molar-refractivity contribution in [2.45, 2.75) is 26.7 Å². The Morgan fingerprint density at radius 1 is 1.53 bits per heavy atom. The summed E-state index contributed by atoms with van der Waals surface area (Å²) in [7, 11) is 0. The molecule has 1 heterocycles. The number of nitrogens with two attached hydrogens (primary N) is 1. The lowest BCUT2D eigenvalue weighted by atomic mass is 10.1. The van der Waals surface area contributed by atoms with Gasteiger partial charge in [-0.25, -0.2) is 0 Å². The fraction of sp³-hybridized carbons (Fsp3) is 0.538. The first-order valence-corrected chi connectivity index (χ1v) is 6.47. The fourth-order valence-corrected chi connectivity index (χ4v) is 1.80. The molecule has 0 saturated heterocycles. The zero-order valence-electron chi connectivity index (χ0n) is 11.5. The van der Waals surface area contributed by atoms with Gasteiger partial charge in [0, 0.05) is 25.0 Å². The number of rotatable bonds is 7. The fourth-order valence-electron chi connectivity index (χ4n) is 1.80. The maximum atomic E-state index is 12.4. The van der Waals surface area contributed by atoms with Crippen LogP contribution in [0.3, 0.4) is 0 Å². The first kappa shape index (κ1) is 15.4. The number of hydrogen-bond acceptors (Lipinski definition) is 5. The van der Waals surface area contributed by atoms with E-state index in [1.165, 1.54) is 6.20 Å². The van der Waals surface area contributed by atoms with Crippen LogP contribution in [-0.4, -0.2) is 40.6 Å². The maximum Gasteiger partial charge on any atom is 0.257 e. The predicted molar refractivity (Wildman–Crippen MR) is 74.7 cm³/mol. The average Bonchev–Trinajstić information content (AvgIpc) is 2.42. The minimum Gasteiger partial charge on any atom is -0.395 e. The standard InChI is InChI=1S/C13H22N4O2/c1-3-4-5-17(6-7-18)13(19)11-9-15-10(2)8-12(11)16-14/h8-9,18H,3-7,14H2,1-2H3,(H,15,16). The van der Waals surface area contributed by atoms with Crippen LogP contribution in [0.5, 0.6) is 0 Å². The van der Waals surface area contributed by atoms with Crippen molar-refractivity contribution in [1.29, 1.82) is 0 Å². The number of pyridine rings is 1. The number of hydrazine groups is 1. The summed E-state index contributed by atoms with van der Waals surface area (Å²) >= 11 is 0. The lowest BCUT2D eigenvalue weighted by Gasteiger charge is -2.22. The molecule has 1 amide bonds. The zero-order valence-corrected chi connectivity index (χ0v) is 11.5. The Hall–Kier alpha value is -1.66. The molecule has 0 atom stereocenters. The molecule has 6 heteroatoms. The normalized spacial score (nSPS) is 10.3. The molecular formula is C13H22N4O2. The van der Waals surface area contributed by atoms with E-state index in [0.717, 1.165) is 18.5 Å². The minimum absolute atomic E-state index is 0.0554. The van der Waals surface area contributed by atoms with Gasteiger partial charge in [0.05, 0.1) is 17.9 Å². The quantitative estimate of drug-likeness (QED) is 0.504. The van der Waals surface area contributed by atoms with Crippen molar-refractivity contribution in [3.63, 3.8) is 0 Å². The van der Waals surface area contributed by atoms with Gasteiger partial charge in [0.25, 0.3) is 5.91 Å². The third-order valence-electron chi connectivity index (χ3n) is 2.87. The highest BCUT2D eigenvalue weighted by Crippen LogP contribution is 2.17. The van der Waals surface area contributed by atoms with Gasteiger partial charge in [0.15, 0.2) is 0 Å². The average molecular weight is 266 g/mol. The number of anilines is 1. The molecule has 0 bridgehead atoms. The summed E-state index contributed by atoms with van der Waals surface area (Å²) in [6, 6.07) is 1.73. The Labute approximate surface area is 113 Å². The lowest BCUT2D eigenvalue weighted by molar-refractivity contribution is 0.0720. The van der Waals surface area contributed by atoms with Crippen LogP contribution >= 0.6 is 0 Å².